The fourth-order valence-corrected chi connectivity index (χ4v) is 1.48. The van der Waals surface area contributed by atoms with Crippen LogP contribution in [0.25, 0.3) is 0 Å². The van der Waals surface area contributed by atoms with Crippen molar-refractivity contribution in [3.05, 3.63) is 24.3 Å². The van der Waals surface area contributed by atoms with Gasteiger partial charge in [0.25, 0.3) is 0 Å². The maximum Gasteiger partial charge on any atom is 0.311 e. The van der Waals surface area contributed by atoms with Crippen molar-refractivity contribution < 1.29 is 19.1 Å². The number of carbonyl (C=O) groups is 2. The summed E-state index contributed by atoms with van der Waals surface area (Å²) in [6, 6.07) is 6.45. The highest BCUT2D eigenvalue weighted by molar-refractivity contribution is 5.74. The van der Waals surface area contributed by atoms with Crippen molar-refractivity contribution in [1.29, 1.82) is 0 Å². The van der Waals surface area contributed by atoms with Gasteiger partial charge in [0.2, 0.25) is 0 Å². The fraction of sp³-hybridized carbons (Fsp3) is 0.333. The summed E-state index contributed by atoms with van der Waals surface area (Å²) in [5.74, 6) is 0.430. The molecule has 4 nitrogen and oxygen atoms in total. The first-order valence-corrected chi connectivity index (χ1v) is 5.25. The summed E-state index contributed by atoms with van der Waals surface area (Å²) in [7, 11) is 0. The van der Waals surface area contributed by atoms with Gasteiger partial charge in [-0.15, -0.1) is 0 Å². The van der Waals surface area contributed by atoms with Crippen LogP contribution in [0.4, 0.5) is 0 Å². The summed E-state index contributed by atoms with van der Waals surface area (Å²) in [4.78, 5) is 22.7. The van der Waals surface area contributed by atoms with Crippen LogP contribution in [0.3, 0.4) is 0 Å². The van der Waals surface area contributed by atoms with Crippen molar-refractivity contribution >= 4 is 11.9 Å². The predicted molar refractivity (Wildman–Crippen MR) is 56.2 cm³/mol. The molecular weight excluding hydrogens is 208 g/mol. The van der Waals surface area contributed by atoms with Gasteiger partial charge in [0.15, 0.2) is 0 Å². The Labute approximate surface area is 93.2 Å². The summed E-state index contributed by atoms with van der Waals surface area (Å²) in [5.41, 5.74) is 0. The van der Waals surface area contributed by atoms with Crippen LogP contribution in [0.5, 0.6) is 11.5 Å². The molecule has 0 radical (unpaired) electrons. The van der Waals surface area contributed by atoms with Crippen molar-refractivity contribution in [3.63, 3.8) is 0 Å². The van der Waals surface area contributed by atoms with Crippen molar-refractivity contribution in [2.45, 2.75) is 25.7 Å². The van der Waals surface area contributed by atoms with Gasteiger partial charge < -0.3 is 9.47 Å². The highest BCUT2D eigenvalue weighted by Gasteiger charge is 2.10. The van der Waals surface area contributed by atoms with E-state index in [9.17, 15) is 9.59 Å². The quantitative estimate of drug-likeness (QED) is 0.496. The van der Waals surface area contributed by atoms with Crippen molar-refractivity contribution in [2.24, 2.45) is 0 Å². The van der Waals surface area contributed by atoms with E-state index in [1.54, 1.807) is 24.3 Å². The van der Waals surface area contributed by atoms with Gasteiger partial charge in [-0.25, -0.2) is 0 Å². The highest BCUT2D eigenvalue weighted by atomic mass is 16.5. The number of hydrogen-bond donors (Lipinski definition) is 0. The standard InChI is InChI=1S/C12H12O4/c13-11-3-1-2-4-12(14)16-10-7-5-9(15-11)6-8-10/h5-8H,1-4H2. The summed E-state index contributed by atoms with van der Waals surface area (Å²) < 4.78 is 10.2. The normalized spacial score (nSPS) is 17.0. The van der Waals surface area contributed by atoms with Crippen molar-refractivity contribution in [1.82, 2.24) is 0 Å². The molecule has 3 rings (SSSR count). The molecule has 0 aliphatic carbocycles. The third kappa shape index (κ3) is 2.82. The average molecular weight is 220 g/mol. The lowest BCUT2D eigenvalue weighted by Crippen LogP contribution is -2.11. The van der Waals surface area contributed by atoms with Crippen LogP contribution in [-0.2, 0) is 9.59 Å². The lowest BCUT2D eigenvalue weighted by Gasteiger charge is -2.08. The number of esters is 2. The van der Waals surface area contributed by atoms with Gasteiger partial charge >= 0.3 is 11.9 Å². The molecule has 0 aromatic heterocycles. The Morgan fingerprint density at radius 1 is 0.750 bits per heavy atom. The maximum atomic E-state index is 11.3. The molecule has 16 heavy (non-hydrogen) atoms. The van der Waals surface area contributed by atoms with Crippen LogP contribution < -0.4 is 9.47 Å². The first-order chi connectivity index (χ1) is 7.74. The van der Waals surface area contributed by atoms with E-state index in [2.05, 4.69) is 0 Å². The van der Waals surface area contributed by atoms with E-state index < -0.39 is 0 Å². The molecule has 0 saturated carbocycles. The largest absolute Gasteiger partial charge is 0.427 e. The second-order valence-corrected chi connectivity index (χ2v) is 3.63. The fourth-order valence-electron chi connectivity index (χ4n) is 1.48. The van der Waals surface area contributed by atoms with Crippen molar-refractivity contribution in [2.75, 3.05) is 0 Å². The first kappa shape index (κ1) is 10.7. The van der Waals surface area contributed by atoms with Gasteiger partial charge in [0, 0.05) is 12.8 Å². The SMILES string of the molecule is O=C1CCCCC(=O)Oc2ccc(cc2)O1. The van der Waals surface area contributed by atoms with Crippen LogP contribution in [0.2, 0.25) is 0 Å². The molecular formula is C12H12O4. The van der Waals surface area contributed by atoms with E-state index in [1.165, 1.54) is 0 Å². The number of hydrogen-bond acceptors (Lipinski definition) is 4. The third-order valence-electron chi connectivity index (χ3n) is 2.30. The number of benzene rings is 1. The molecule has 4 heteroatoms. The van der Waals surface area contributed by atoms with Gasteiger partial charge in [-0.2, -0.15) is 0 Å². The van der Waals surface area contributed by atoms with E-state index in [0.29, 0.717) is 37.2 Å². The Morgan fingerprint density at radius 3 is 1.50 bits per heavy atom. The van der Waals surface area contributed by atoms with E-state index >= 15 is 0 Å². The van der Waals surface area contributed by atoms with E-state index in [0.717, 1.165) is 0 Å². The molecule has 0 spiro atoms. The predicted octanol–water partition coefficient (Wildman–Crippen LogP) is 2.07. The second-order valence-electron chi connectivity index (χ2n) is 3.63. The molecule has 2 heterocycles. The minimum atomic E-state index is -0.262. The molecule has 2 aliphatic heterocycles. The Hall–Kier alpha value is -1.84. The van der Waals surface area contributed by atoms with Gasteiger partial charge in [-0.05, 0) is 37.1 Å². The minimum absolute atomic E-state index is 0.262. The molecule has 0 atom stereocenters. The van der Waals surface area contributed by atoms with Crippen LogP contribution in [0, 0.1) is 0 Å². The summed E-state index contributed by atoms with van der Waals surface area (Å²) in [6.45, 7) is 0. The Balaban J connectivity index is 2.19. The molecule has 0 saturated heterocycles. The monoisotopic (exact) mass is 220 g/mol. The average Bonchev–Trinajstić information content (AvgIpc) is 2.25. The number of fused-ring (bicyclic) bond motifs is 9. The van der Waals surface area contributed by atoms with Gasteiger partial charge in [-0.1, -0.05) is 0 Å². The van der Waals surface area contributed by atoms with Crippen LogP contribution in [0.1, 0.15) is 25.7 Å². The topological polar surface area (TPSA) is 52.6 Å². The first-order valence-electron chi connectivity index (χ1n) is 5.25. The lowest BCUT2D eigenvalue weighted by molar-refractivity contribution is -0.136. The smallest absolute Gasteiger partial charge is 0.311 e. The van der Waals surface area contributed by atoms with Crippen LogP contribution >= 0.6 is 0 Å². The van der Waals surface area contributed by atoms with Gasteiger partial charge in [0.1, 0.15) is 11.5 Å². The number of carbonyl (C=O) groups excluding carboxylic acids is 2. The molecule has 2 bridgehead atoms. The van der Waals surface area contributed by atoms with Crippen LogP contribution in [-0.4, -0.2) is 11.9 Å². The Kier molecular flexibility index (Phi) is 3.19. The molecule has 1 aromatic rings. The summed E-state index contributed by atoms with van der Waals surface area (Å²) in [5, 5.41) is 0. The van der Waals surface area contributed by atoms with E-state index in [1.807, 2.05) is 0 Å². The lowest BCUT2D eigenvalue weighted by atomic mass is 10.2. The third-order valence-corrected chi connectivity index (χ3v) is 2.30. The molecule has 0 fully saturated rings. The molecule has 0 N–H and O–H groups in total. The second kappa shape index (κ2) is 4.79. The summed E-state index contributed by atoms with van der Waals surface area (Å²) in [6.07, 6.45) is 1.94. The summed E-state index contributed by atoms with van der Waals surface area (Å²) >= 11 is 0. The number of rotatable bonds is 0. The Morgan fingerprint density at radius 2 is 1.12 bits per heavy atom. The van der Waals surface area contributed by atoms with E-state index in [4.69, 9.17) is 9.47 Å². The highest BCUT2D eigenvalue weighted by Crippen LogP contribution is 2.20. The van der Waals surface area contributed by atoms with Crippen LogP contribution in [0.15, 0.2) is 24.3 Å². The molecule has 84 valence electrons. The number of ether oxygens (including phenoxy) is 2. The molecule has 0 amide bonds. The van der Waals surface area contributed by atoms with Gasteiger partial charge in [0.05, 0.1) is 0 Å². The molecule has 2 aliphatic rings. The zero-order valence-corrected chi connectivity index (χ0v) is 8.77. The van der Waals surface area contributed by atoms with Crippen molar-refractivity contribution in [3.8, 4) is 11.5 Å². The van der Waals surface area contributed by atoms with Gasteiger partial charge in [-0.3, -0.25) is 9.59 Å². The maximum absolute atomic E-state index is 11.3. The molecule has 0 unspecified atom stereocenters. The zero-order valence-electron chi connectivity index (χ0n) is 8.77. The zero-order chi connectivity index (χ0) is 11.4. The van der Waals surface area contributed by atoms with E-state index in [-0.39, 0.29) is 11.9 Å². The minimum Gasteiger partial charge on any atom is -0.427 e. The Bertz CT molecular complexity index is 355. The molecule has 1 aromatic carbocycles.